The highest BCUT2D eigenvalue weighted by atomic mass is 79.9. The Morgan fingerprint density at radius 1 is 1.50 bits per heavy atom. The molecular formula is C11H14BrNO. The van der Waals surface area contributed by atoms with Crippen LogP contribution in [0.4, 0.5) is 0 Å². The Kier molecular flexibility index (Phi) is 4.84. The summed E-state index contributed by atoms with van der Waals surface area (Å²) >= 11 is 3.41. The maximum absolute atomic E-state index is 10.7. The molecule has 0 amide bonds. The summed E-state index contributed by atoms with van der Waals surface area (Å²) in [6.07, 6.45) is 0.605. The van der Waals surface area contributed by atoms with E-state index in [1.165, 1.54) is 5.56 Å². The molecule has 0 radical (unpaired) electrons. The summed E-state index contributed by atoms with van der Waals surface area (Å²) in [4.78, 5) is 10.7. The molecule has 0 saturated heterocycles. The van der Waals surface area contributed by atoms with Crippen molar-refractivity contribution in [2.75, 3.05) is 6.54 Å². The highest BCUT2D eigenvalue weighted by Gasteiger charge is 1.95. The highest BCUT2D eigenvalue weighted by molar-refractivity contribution is 9.10. The van der Waals surface area contributed by atoms with Gasteiger partial charge >= 0.3 is 0 Å². The van der Waals surface area contributed by atoms with Gasteiger partial charge in [-0.15, -0.1) is 0 Å². The van der Waals surface area contributed by atoms with E-state index in [9.17, 15) is 4.79 Å². The van der Waals surface area contributed by atoms with Gasteiger partial charge < -0.3 is 5.32 Å². The summed E-state index contributed by atoms with van der Waals surface area (Å²) in [6, 6.07) is 8.14. The Morgan fingerprint density at radius 2 is 2.29 bits per heavy atom. The molecule has 1 rings (SSSR count). The molecule has 76 valence electrons. The predicted molar refractivity (Wildman–Crippen MR) is 61.1 cm³/mol. The minimum atomic E-state index is 0.228. The van der Waals surface area contributed by atoms with Gasteiger partial charge in [0.05, 0.1) is 0 Å². The molecule has 0 heterocycles. The number of carbonyl (C=O) groups is 1. The normalized spacial score (nSPS) is 10.1. The van der Waals surface area contributed by atoms with Crippen LogP contribution in [0.1, 0.15) is 18.9 Å². The predicted octanol–water partition coefficient (Wildman–Crippen LogP) is 2.52. The van der Waals surface area contributed by atoms with Crippen molar-refractivity contribution >= 4 is 21.7 Å². The average molecular weight is 256 g/mol. The molecule has 3 heteroatoms. The van der Waals surface area contributed by atoms with E-state index in [2.05, 4.69) is 33.4 Å². The van der Waals surface area contributed by atoms with Gasteiger partial charge in [-0.3, -0.25) is 4.79 Å². The fraction of sp³-hybridized carbons (Fsp3) is 0.364. The largest absolute Gasteiger partial charge is 0.312 e. The third kappa shape index (κ3) is 4.53. The molecule has 0 unspecified atom stereocenters. The third-order valence-corrected chi connectivity index (χ3v) is 2.37. The molecule has 1 aromatic carbocycles. The number of Topliss-reactive ketones (excluding diaryl/α,β-unsaturated/α-hetero) is 1. The second-order valence-corrected chi connectivity index (χ2v) is 4.17. The highest BCUT2D eigenvalue weighted by Crippen LogP contribution is 2.11. The first kappa shape index (κ1) is 11.4. The zero-order chi connectivity index (χ0) is 10.4. The number of benzene rings is 1. The molecule has 0 aliphatic carbocycles. The standard InChI is InChI=1S/C11H14BrNO/c1-9(14)5-6-13-8-10-3-2-4-11(12)7-10/h2-4,7,13H,5-6,8H2,1H3. The summed E-state index contributed by atoms with van der Waals surface area (Å²) in [7, 11) is 0. The van der Waals surface area contributed by atoms with Gasteiger partial charge in [-0.25, -0.2) is 0 Å². The Hall–Kier alpha value is -0.670. The van der Waals surface area contributed by atoms with Gasteiger partial charge in [0.2, 0.25) is 0 Å². The van der Waals surface area contributed by atoms with Crippen LogP contribution in [-0.4, -0.2) is 12.3 Å². The number of hydrogen-bond acceptors (Lipinski definition) is 2. The molecule has 0 fully saturated rings. The summed E-state index contributed by atoms with van der Waals surface area (Å²) in [6.45, 7) is 3.18. The smallest absolute Gasteiger partial charge is 0.131 e. The van der Waals surface area contributed by atoms with Crippen molar-refractivity contribution < 1.29 is 4.79 Å². The van der Waals surface area contributed by atoms with E-state index in [1.54, 1.807) is 6.92 Å². The number of ketones is 1. The number of halogens is 1. The topological polar surface area (TPSA) is 29.1 Å². The lowest BCUT2D eigenvalue weighted by molar-refractivity contribution is -0.116. The molecule has 0 saturated carbocycles. The van der Waals surface area contributed by atoms with Crippen LogP contribution in [0.15, 0.2) is 28.7 Å². The minimum absolute atomic E-state index is 0.228. The zero-order valence-corrected chi connectivity index (χ0v) is 9.80. The fourth-order valence-corrected chi connectivity index (χ4v) is 1.59. The van der Waals surface area contributed by atoms with E-state index in [-0.39, 0.29) is 5.78 Å². The van der Waals surface area contributed by atoms with E-state index < -0.39 is 0 Å². The first-order valence-corrected chi connectivity index (χ1v) is 5.42. The SMILES string of the molecule is CC(=O)CCNCc1cccc(Br)c1. The first-order chi connectivity index (χ1) is 6.68. The molecule has 0 aliphatic rings. The van der Waals surface area contributed by atoms with Crippen LogP contribution in [0.5, 0.6) is 0 Å². The van der Waals surface area contributed by atoms with Gasteiger partial charge in [-0.05, 0) is 24.6 Å². The number of rotatable bonds is 5. The van der Waals surface area contributed by atoms with E-state index in [0.29, 0.717) is 6.42 Å². The van der Waals surface area contributed by atoms with Crippen LogP contribution in [0.25, 0.3) is 0 Å². The molecule has 2 nitrogen and oxygen atoms in total. The van der Waals surface area contributed by atoms with Crippen LogP contribution in [-0.2, 0) is 11.3 Å². The van der Waals surface area contributed by atoms with Crippen LogP contribution in [0.3, 0.4) is 0 Å². The van der Waals surface area contributed by atoms with E-state index in [0.717, 1.165) is 17.6 Å². The van der Waals surface area contributed by atoms with Crippen molar-refractivity contribution in [3.8, 4) is 0 Å². The van der Waals surface area contributed by atoms with Crippen LogP contribution >= 0.6 is 15.9 Å². The van der Waals surface area contributed by atoms with E-state index in [1.807, 2.05) is 12.1 Å². The van der Waals surface area contributed by atoms with Crippen molar-refractivity contribution in [1.82, 2.24) is 5.32 Å². The van der Waals surface area contributed by atoms with Crippen molar-refractivity contribution in [2.45, 2.75) is 19.9 Å². The Labute approximate surface area is 92.8 Å². The summed E-state index contributed by atoms with van der Waals surface area (Å²) < 4.78 is 1.09. The van der Waals surface area contributed by atoms with Crippen molar-refractivity contribution in [1.29, 1.82) is 0 Å². The van der Waals surface area contributed by atoms with Gasteiger partial charge in [0, 0.05) is 24.0 Å². The number of nitrogens with one attached hydrogen (secondary N) is 1. The first-order valence-electron chi connectivity index (χ1n) is 4.63. The van der Waals surface area contributed by atoms with E-state index in [4.69, 9.17) is 0 Å². The maximum Gasteiger partial charge on any atom is 0.131 e. The van der Waals surface area contributed by atoms with Crippen LogP contribution < -0.4 is 5.32 Å². The lowest BCUT2D eigenvalue weighted by Gasteiger charge is -2.03. The lowest BCUT2D eigenvalue weighted by atomic mass is 10.2. The second-order valence-electron chi connectivity index (χ2n) is 3.26. The van der Waals surface area contributed by atoms with Crippen LogP contribution in [0.2, 0.25) is 0 Å². The Balaban J connectivity index is 2.28. The minimum Gasteiger partial charge on any atom is -0.312 e. The monoisotopic (exact) mass is 255 g/mol. The molecule has 0 bridgehead atoms. The Bertz CT molecular complexity index is 312. The number of carbonyl (C=O) groups excluding carboxylic acids is 1. The van der Waals surface area contributed by atoms with Gasteiger partial charge in [-0.2, -0.15) is 0 Å². The van der Waals surface area contributed by atoms with Gasteiger partial charge in [0.25, 0.3) is 0 Å². The number of hydrogen-bond donors (Lipinski definition) is 1. The molecule has 14 heavy (non-hydrogen) atoms. The van der Waals surface area contributed by atoms with E-state index >= 15 is 0 Å². The molecule has 0 atom stereocenters. The van der Waals surface area contributed by atoms with Crippen molar-refractivity contribution in [3.05, 3.63) is 34.3 Å². The van der Waals surface area contributed by atoms with Crippen LogP contribution in [0, 0.1) is 0 Å². The molecule has 1 N–H and O–H groups in total. The lowest BCUT2D eigenvalue weighted by Crippen LogP contribution is -2.16. The maximum atomic E-state index is 10.7. The summed E-state index contributed by atoms with van der Waals surface area (Å²) in [5.41, 5.74) is 1.22. The zero-order valence-electron chi connectivity index (χ0n) is 8.22. The summed E-state index contributed by atoms with van der Waals surface area (Å²) in [5, 5.41) is 3.22. The molecule has 0 spiro atoms. The average Bonchev–Trinajstić information content (AvgIpc) is 2.12. The molecule has 1 aromatic rings. The Morgan fingerprint density at radius 3 is 2.93 bits per heavy atom. The molecule has 0 aliphatic heterocycles. The fourth-order valence-electron chi connectivity index (χ4n) is 1.14. The van der Waals surface area contributed by atoms with Crippen molar-refractivity contribution in [3.63, 3.8) is 0 Å². The molecule has 0 aromatic heterocycles. The third-order valence-electron chi connectivity index (χ3n) is 1.87. The molecular weight excluding hydrogens is 242 g/mol. The van der Waals surface area contributed by atoms with Gasteiger partial charge in [-0.1, -0.05) is 28.1 Å². The quantitative estimate of drug-likeness (QED) is 0.820. The second kappa shape index (κ2) is 5.94. The van der Waals surface area contributed by atoms with Gasteiger partial charge in [0.1, 0.15) is 5.78 Å². The summed E-state index contributed by atoms with van der Waals surface area (Å²) in [5.74, 6) is 0.228. The van der Waals surface area contributed by atoms with Crippen molar-refractivity contribution in [2.24, 2.45) is 0 Å². The van der Waals surface area contributed by atoms with Gasteiger partial charge in [0.15, 0.2) is 0 Å².